The third-order valence-corrected chi connectivity index (χ3v) is 6.90. The van der Waals surface area contributed by atoms with Gasteiger partial charge in [0, 0.05) is 30.2 Å². The summed E-state index contributed by atoms with van der Waals surface area (Å²) in [5.41, 5.74) is -1.36. The van der Waals surface area contributed by atoms with E-state index in [1.807, 2.05) is 4.90 Å². The van der Waals surface area contributed by atoms with Crippen molar-refractivity contribution in [2.75, 3.05) is 23.3 Å². The lowest BCUT2D eigenvalue weighted by molar-refractivity contribution is -0.141. The molecule has 3 aromatic heterocycles. The van der Waals surface area contributed by atoms with E-state index in [1.54, 1.807) is 13.0 Å². The third-order valence-electron chi connectivity index (χ3n) is 6.69. The molecule has 1 atom stereocenters. The molecule has 0 bridgehead atoms. The molecule has 0 radical (unpaired) electrons. The van der Waals surface area contributed by atoms with Gasteiger partial charge in [0.2, 0.25) is 5.95 Å². The number of aromatic nitrogens is 4. The first-order chi connectivity index (χ1) is 18.4. The van der Waals surface area contributed by atoms with Crippen molar-refractivity contribution in [3.63, 3.8) is 0 Å². The molecular formula is C26H23ClF6N6. The van der Waals surface area contributed by atoms with Crippen LogP contribution in [0.4, 0.5) is 38.0 Å². The van der Waals surface area contributed by atoms with Crippen LogP contribution in [0.15, 0.2) is 37.0 Å². The van der Waals surface area contributed by atoms with Crippen molar-refractivity contribution in [2.24, 2.45) is 0 Å². The van der Waals surface area contributed by atoms with Crippen LogP contribution in [0.3, 0.4) is 0 Å². The van der Waals surface area contributed by atoms with Crippen molar-refractivity contribution in [3.05, 3.63) is 64.7 Å². The minimum Gasteiger partial charge on any atom is -0.377 e. The standard InChI is InChI=1S/C26H23ClF6N6/c1-3-18-19(7-8-21(27)35-18)34-14(2)16-11-15(25(28,29)30)12-17-22(16)37-24(38-9-5-4-6-10-38)39-13-20(26(31,32)33)36-23(17)39/h3,7-8,11-14,34H,1,4-6,9-10H2,2H3. The number of imidazole rings is 1. The number of rotatable bonds is 5. The van der Waals surface area contributed by atoms with Crippen molar-refractivity contribution in [3.8, 4) is 0 Å². The average Bonchev–Trinajstić information content (AvgIpc) is 3.35. The van der Waals surface area contributed by atoms with Crippen molar-refractivity contribution >= 4 is 45.9 Å². The topological polar surface area (TPSA) is 58.4 Å². The Balaban J connectivity index is 1.78. The molecule has 5 rings (SSSR count). The number of hydrogen-bond acceptors (Lipinski definition) is 5. The highest BCUT2D eigenvalue weighted by Gasteiger charge is 2.37. The van der Waals surface area contributed by atoms with E-state index in [-0.39, 0.29) is 33.2 Å². The quantitative estimate of drug-likeness (QED) is 0.197. The summed E-state index contributed by atoms with van der Waals surface area (Å²) in [6.07, 6.45) is -4.72. The Labute approximate surface area is 224 Å². The van der Waals surface area contributed by atoms with E-state index in [2.05, 4.69) is 26.8 Å². The zero-order valence-electron chi connectivity index (χ0n) is 20.7. The second kappa shape index (κ2) is 9.89. The van der Waals surface area contributed by atoms with Gasteiger partial charge >= 0.3 is 12.4 Å². The second-order valence-corrected chi connectivity index (χ2v) is 9.76. The average molecular weight is 569 g/mol. The molecule has 0 spiro atoms. The molecule has 4 aromatic rings. The summed E-state index contributed by atoms with van der Waals surface area (Å²) in [4.78, 5) is 14.4. The number of halogens is 7. The van der Waals surface area contributed by atoms with Gasteiger partial charge < -0.3 is 10.2 Å². The van der Waals surface area contributed by atoms with Crippen LogP contribution in [0.1, 0.15) is 54.7 Å². The second-order valence-electron chi connectivity index (χ2n) is 9.37. The number of piperidine rings is 1. The minimum atomic E-state index is -4.79. The highest BCUT2D eigenvalue weighted by atomic mass is 35.5. The highest BCUT2D eigenvalue weighted by Crippen LogP contribution is 2.39. The molecule has 39 heavy (non-hydrogen) atoms. The van der Waals surface area contributed by atoms with Crippen molar-refractivity contribution < 1.29 is 26.3 Å². The molecule has 1 fully saturated rings. The molecule has 0 amide bonds. The zero-order chi connectivity index (χ0) is 28.1. The third kappa shape index (κ3) is 5.21. The number of benzene rings is 1. The van der Waals surface area contributed by atoms with Crippen LogP contribution in [0.5, 0.6) is 0 Å². The Morgan fingerprint density at radius 2 is 1.72 bits per heavy atom. The molecule has 1 saturated heterocycles. The Morgan fingerprint density at radius 3 is 2.36 bits per heavy atom. The van der Waals surface area contributed by atoms with E-state index < -0.39 is 29.7 Å². The molecule has 6 nitrogen and oxygen atoms in total. The number of nitrogens with zero attached hydrogens (tertiary/aromatic N) is 5. The van der Waals surface area contributed by atoms with Crippen molar-refractivity contribution in [1.82, 2.24) is 19.4 Å². The minimum absolute atomic E-state index is 0.123. The lowest BCUT2D eigenvalue weighted by Gasteiger charge is -2.29. The van der Waals surface area contributed by atoms with Crippen LogP contribution in [-0.4, -0.2) is 32.4 Å². The predicted molar refractivity (Wildman–Crippen MR) is 138 cm³/mol. The lowest BCUT2D eigenvalue weighted by atomic mass is 9.99. The normalized spacial score (nSPS) is 15.6. The molecular weight excluding hydrogens is 546 g/mol. The van der Waals surface area contributed by atoms with Gasteiger partial charge in [0.1, 0.15) is 10.8 Å². The number of alkyl halides is 6. The number of fused-ring (bicyclic) bond motifs is 3. The van der Waals surface area contributed by atoms with Crippen LogP contribution in [-0.2, 0) is 12.4 Å². The fraction of sp³-hybridized carbons (Fsp3) is 0.346. The van der Waals surface area contributed by atoms with Crippen molar-refractivity contribution in [1.29, 1.82) is 0 Å². The maximum atomic E-state index is 14.0. The smallest absolute Gasteiger partial charge is 0.377 e. The number of nitrogens with one attached hydrogen (secondary N) is 1. The fourth-order valence-corrected chi connectivity index (χ4v) is 4.97. The first-order valence-electron chi connectivity index (χ1n) is 12.2. The maximum Gasteiger partial charge on any atom is 0.434 e. The summed E-state index contributed by atoms with van der Waals surface area (Å²) in [6, 6.07) is 4.15. The van der Waals surface area contributed by atoms with E-state index in [4.69, 9.17) is 11.6 Å². The summed E-state index contributed by atoms with van der Waals surface area (Å²) < 4.78 is 84.3. The summed E-state index contributed by atoms with van der Waals surface area (Å²) in [5, 5.41) is 3.21. The van der Waals surface area contributed by atoms with E-state index in [1.165, 1.54) is 12.1 Å². The van der Waals surface area contributed by atoms with E-state index >= 15 is 0 Å². The first kappa shape index (κ1) is 27.0. The monoisotopic (exact) mass is 568 g/mol. The Hall–Kier alpha value is -3.54. The first-order valence-corrected chi connectivity index (χ1v) is 12.6. The Bertz CT molecular complexity index is 1560. The van der Waals surface area contributed by atoms with Crippen LogP contribution in [0.25, 0.3) is 22.6 Å². The van der Waals surface area contributed by atoms with E-state index in [0.29, 0.717) is 24.5 Å². The van der Waals surface area contributed by atoms with Crippen LogP contribution >= 0.6 is 11.6 Å². The van der Waals surface area contributed by atoms with Gasteiger partial charge in [-0.25, -0.2) is 15.0 Å². The van der Waals surface area contributed by atoms with Gasteiger partial charge in [0.05, 0.1) is 28.5 Å². The molecule has 1 aliphatic rings. The van der Waals surface area contributed by atoms with E-state index in [9.17, 15) is 26.3 Å². The summed E-state index contributed by atoms with van der Waals surface area (Å²) in [7, 11) is 0. The molecule has 0 saturated carbocycles. The molecule has 4 heterocycles. The molecule has 206 valence electrons. The molecule has 1 aromatic carbocycles. The summed E-state index contributed by atoms with van der Waals surface area (Å²) in [5.74, 6) is 0.202. The molecule has 1 unspecified atom stereocenters. The summed E-state index contributed by atoms with van der Waals surface area (Å²) in [6.45, 7) is 6.44. The summed E-state index contributed by atoms with van der Waals surface area (Å²) >= 11 is 5.96. The van der Waals surface area contributed by atoms with Gasteiger partial charge in [-0.15, -0.1) is 0 Å². The Kier molecular flexibility index (Phi) is 6.86. The molecule has 1 aliphatic heterocycles. The van der Waals surface area contributed by atoms with Gasteiger partial charge in [-0.05, 0) is 56.5 Å². The van der Waals surface area contributed by atoms with Crippen LogP contribution < -0.4 is 10.2 Å². The molecule has 0 aliphatic carbocycles. The number of hydrogen-bond donors (Lipinski definition) is 1. The maximum absolute atomic E-state index is 14.0. The SMILES string of the molecule is C=Cc1nc(Cl)ccc1NC(C)c1cc(C(F)(F)F)cc2c1nc(N1CCCCC1)n1cc(C(F)(F)F)nc21. The van der Waals surface area contributed by atoms with Gasteiger partial charge in [-0.3, -0.25) is 4.40 Å². The van der Waals surface area contributed by atoms with Crippen LogP contribution in [0, 0.1) is 0 Å². The largest absolute Gasteiger partial charge is 0.434 e. The fourth-order valence-electron chi connectivity index (χ4n) is 4.81. The van der Waals surface area contributed by atoms with Gasteiger partial charge in [-0.2, -0.15) is 26.3 Å². The van der Waals surface area contributed by atoms with Gasteiger partial charge in [0.15, 0.2) is 5.69 Å². The Morgan fingerprint density at radius 1 is 1.00 bits per heavy atom. The van der Waals surface area contributed by atoms with Crippen molar-refractivity contribution in [2.45, 2.75) is 44.6 Å². The van der Waals surface area contributed by atoms with Gasteiger partial charge in [-0.1, -0.05) is 18.2 Å². The van der Waals surface area contributed by atoms with Crippen LogP contribution in [0.2, 0.25) is 5.15 Å². The number of anilines is 2. The molecule has 13 heteroatoms. The zero-order valence-corrected chi connectivity index (χ0v) is 21.4. The predicted octanol–water partition coefficient (Wildman–Crippen LogP) is 7.77. The van der Waals surface area contributed by atoms with E-state index in [0.717, 1.165) is 42.0 Å². The lowest BCUT2D eigenvalue weighted by Crippen LogP contribution is -2.32. The molecule has 1 N–H and O–H groups in total. The number of pyridine rings is 1. The van der Waals surface area contributed by atoms with Gasteiger partial charge in [0.25, 0.3) is 0 Å². The highest BCUT2D eigenvalue weighted by molar-refractivity contribution is 6.29.